The summed E-state index contributed by atoms with van der Waals surface area (Å²) in [6.45, 7) is 0. The van der Waals surface area contributed by atoms with Crippen LogP contribution in [0.15, 0.2) is 26.8 Å². The van der Waals surface area contributed by atoms with Crippen molar-refractivity contribution in [2.75, 3.05) is 5.73 Å². The third-order valence-electron chi connectivity index (χ3n) is 2.51. The van der Waals surface area contributed by atoms with Gasteiger partial charge in [-0.15, -0.1) is 11.3 Å². The monoisotopic (exact) mass is 328 g/mol. The number of nitrogens with two attached hydrogens (primary N) is 1. The molecule has 0 aromatic carbocycles. The van der Waals surface area contributed by atoms with E-state index in [1.54, 1.807) is 6.07 Å². The van der Waals surface area contributed by atoms with E-state index in [0.717, 1.165) is 9.04 Å². The summed E-state index contributed by atoms with van der Waals surface area (Å²) in [6, 6.07) is 3.26. The Kier molecular flexibility index (Phi) is 3.27. The summed E-state index contributed by atoms with van der Waals surface area (Å²) in [4.78, 5) is 23.8. The Bertz CT molecular complexity index is 690. The average molecular weight is 329 g/mol. The fourth-order valence-electron chi connectivity index (χ4n) is 1.57. The number of carbonyl (C=O) groups is 1. The van der Waals surface area contributed by atoms with Gasteiger partial charge in [0.2, 0.25) is 0 Å². The number of aromatic nitrogens is 1. The summed E-state index contributed by atoms with van der Waals surface area (Å²) in [5.41, 5.74) is 5.17. The van der Waals surface area contributed by atoms with E-state index in [0.29, 0.717) is 10.4 Å². The highest BCUT2D eigenvalue weighted by molar-refractivity contribution is 9.10. The lowest BCUT2D eigenvalue weighted by Gasteiger charge is -2.09. The van der Waals surface area contributed by atoms with Crippen LogP contribution in [-0.2, 0) is 7.05 Å². The van der Waals surface area contributed by atoms with Crippen molar-refractivity contribution in [1.29, 1.82) is 0 Å². The molecule has 2 aromatic rings. The summed E-state index contributed by atoms with van der Waals surface area (Å²) in [6.07, 6.45) is 0. The molecule has 0 radical (unpaired) electrons. The molecule has 0 fully saturated rings. The molecule has 0 saturated heterocycles. The largest absolute Gasteiger partial charge is 0.477 e. The maximum absolute atomic E-state index is 11.9. The number of rotatable bonds is 2. The number of anilines is 1. The molecule has 2 aromatic heterocycles. The molecule has 3 N–H and O–H groups in total. The van der Waals surface area contributed by atoms with E-state index in [4.69, 9.17) is 10.8 Å². The molecular formula is C11H9BrN2O3S. The topological polar surface area (TPSA) is 85.3 Å². The Hall–Kier alpha value is -1.60. The first-order chi connectivity index (χ1) is 8.41. The van der Waals surface area contributed by atoms with Crippen molar-refractivity contribution in [3.8, 4) is 10.4 Å². The minimum atomic E-state index is -1.25. The molecule has 2 heterocycles. The smallest absolute Gasteiger partial charge is 0.342 e. The van der Waals surface area contributed by atoms with E-state index >= 15 is 0 Å². The highest BCUT2D eigenvalue weighted by Gasteiger charge is 2.20. The predicted octanol–water partition coefficient (Wildman–Crippen LogP) is 2.16. The van der Waals surface area contributed by atoms with Gasteiger partial charge < -0.3 is 10.8 Å². The summed E-state index contributed by atoms with van der Waals surface area (Å²) < 4.78 is 1.95. The van der Waals surface area contributed by atoms with Crippen molar-refractivity contribution in [2.24, 2.45) is 7.05 Å². The number of nitrogen functional groups attached to an aromatic ring is 1. The normalized spacial score (nSPS) is 10.6. The first kappa shape index (κ1) is 12.8. The van der Waals surface area contributed by atoms with E-state index in [9.17, 15) is 9.59 Å². The number of thiophene rings is 1. The van der Waals surface area contributed by atoms with Gasteiger partial charge in [-0.25, -0.2) is 4.79 Å². The molecule has 0 aliphatic heterocycles. The van der Waals surface area contributed by atoms with E-state index in [1.807, 2.05) is 5.38 Å². The fraction of sp³-hybridized carbons (Fsp3) is 0.0909. The zero-order valence-electron chi connectivity index (χ0n) is 9.31. The van der Waals surface area contributed by atoms with Gasteiger partial charge in [0.25, 0.3) is 5.56 Å². The lowest BCUT2D eigenvalue weighted by Crippen LogP contribution is -2.27. The van der Waals surface area contributed by atoms with E-state index in [2.05, 4.69) is 15.9 Å². The molecule has 0 bridgehead atoms. The zero-order valence-corrected chi connectivity index (χ0v) is 11.7. The first-order valence-electron chi connectivity index (χ1n) is 4.89. The van der Waals surface area contributed by atoms with E-state index in [1.165, 1.54) is 24.5 Å². The number of carboxylic acids is 1. The Morgan fingerprint density at radius 2 is 2.17 bits per heavy atom. The number of nitrogens with zero attached hydrogens (tertiary/aromatic N) is 1. The van der Waals surface area contributed by atoms with Crippen molar-refractivity contribution >= 4 is 39.1 Å². The molecule has 0 saturated carbocycles. The average Bonchev–Trinajstić information content (AvgIpc) is 2.71. The SMILES string of the molecule is Cn1c(N)cc(-c2cc(Br)cs2)c(C(=O)O)c1=O. The molecule has 7 heteroatoms. The van der Waals surface area contributed by atoms with Crippen molar-refractivity contribution in [1.82, 2.24) is 4.57 Å². The summed E-state index contributed by atoms with van der Waals surface area (Å²) in [5, 5.41) is 11.0. The molecule has 0 aliphatic rings. The second-order valence-corrected chi connectivity index (χ2v) is 5.48. The summed E-state index contributed by atoms with van der Waals surface area (Å²) in [5.74, 6) is -1.03. The molecule has 94 valence electrons. The van der Waals surface area contributed by atoms with Crippen LogP contribution in [0.5, 0.6) is 0 Å². The van der Waals surface area contributed by atoms with Crippen LogP contribution in [-0.4, -0.2) is 15.6 Å². The van der Waals surface area contributed by atoms with Gasteiger partial charge in [0.1, 0.15) is 11.4 Å². The lowest BCUT2D eigenvalue weighted by atomic mass is 10.1. The van der Waals surface area contributed by atoms with Gasteiger partial charge in [0.05, 0.1) is 0 Å². The summed E-state index contributed by atoms with van der Waals surface area (Å²) >= 11 is 4.63. The Morgan fingerprint density at radius 3 is 2.67 bits per heavy atom. The van der Waals surface area contributed by atoms with Gasteiger partial charge in [-0.1, -0.05) is 0 Å². The minimum absolute atomic E-state index is 0.226. The first-order valence-corrected chi connectivity index (χ1v) is 6.56. The second kappa shape index (κ2) is 4.58. The molecule has 0 unspecified atom stereocenters. The number of pyridine rings is 1. The number of aromatic carboxylic acids is 1. The van der Waals surface area contributed by atoms with Crippen molar-refractivity contribution in [3.05, 3.63) is 37.9 Å². The van der Waals surface area contributed by atoms with Crippen LogP contribution in [0, 0.1) is 0 Å². The zero-order chi connectivity index (χ0) is 13.4. The second-order valence-electron chi connectivity index (χ2n) is 3.66. The van der Waals surface area contributed by atoms with Gasteiger partial charge in [0.15, 0.2) is 0 Å². The van der Waals surface area contributed by atoms with Gasteiger partial charge >= 0.3 is 5.97 Å². The van der Waals surface area contributed by atoms with Crippen molar-refractivity contribution in [2.45, 2.75) is 0 Å². The van der Waals surface area contributed by atoms with Crippen LogP contribution in [0.4, 0.5) is 5.82 Å². The molecule has 0 spiro atoms. The van der Waals surface area contributed by atoms with Crippen LogP contribution in [0.3, 0.4) is 0 Å². The maximum Gasteiger partial charge on any atom is 0.342 e. The molecule has 0 amide bonds. The predicted molar refractivity (Wildman–Crippen MR) is 74.1 cm³/mol. The Morgan fingerprint density at radius 1 is 1.50 bits per heavy atom. The molecule has 5 nitrogen and oxygen atoms in total. The quantitative estimate of drug-likeness (QED) is 0.884. The van der Waals surface area contributed by atoms with Crippen LogP contribution < -0.4 is 11.3 Å². The van der Waals surface area contributed by atoms with Gasteiger partial charge in [-0.2, -0.15) is 0 Å². The highest BCUT2D eigenvalue weighted by Crippen LogP contribution is 2.32. The van der Waals surface area contributed by atoms with Crippen LogP contribution >= 0.6 is 27.3 Å². The minimum Gasteiger partial charge on any atom is -0.477 e. The van der Waals surface area contributed by atoms with Crippen LogP contribution in [0.1, 0.15) is 10.4 Å². The highest BCUT2D eigenvalue weighted by atomic mass is 79.9. The number of halogens is 1. The third kappa shape index (κ3) is 2.06. The van der Waals surface area contributed by atoms with Crippen LogP contribution in [0.2, 0.25) is 0 Å². The Labute approximate surface area is 115 Å². The fourth-order valence-corrected chi connectivity index (χ4v) is 3.02. The van der Waals surface area contributed by atoms with Crippen molar-refractivity contribution in [3.63, 3.8) is 0 Å². The lowest BCUT2D eigenvalue weighted by molar-refractivity contribution is 0.0695. The van der Waals surface area contributed by atoms with Gasteiger partial charge in [0, 0.05) is 27.3 Å². The van der Waals surface area contributed by atoms with Crippen LogP contribution in [0.25, 0.3) is 10.4 Å². The molecular weight excluding hydrogens is 320 g/mol. The van der Waals surface area contributed by atoms with Crippen molar-refractivity contribution < 1.29 is 9.90 Å². The molecule has 2 rings (SSSR count). The van der Waals surface area contributed by atoms with Gasteiger partial charge in [-0.3, -0.25) is 9.36 Å². The number of hydrogen-bond acceptors (Lipinski definition) is 4. The van der Waals surface area contributed by atoms with E-state index < -0.39 is 11.5 Å². The van der Waals surface area contributed by atoms with E-state index in [-0.39, 0.29) is 11.4 Å². The molecule has 18 heavy (non-hydrogen) atoms. The number of carboxylic acid groups (broad SMARTS) is 1. The number of hydrogen-bond donors (Lipinski definition) is 2. The molecule has 0 aliphatic carbocycles. The maximum atomic E-state index is 11.9. The Balaban J connectivity index is 2.82. The van der Waals surface area contributed by atoms with Gasteiger partial charge in [-0.05, 0) is 28.1 Å². The standard InChI is InChI=1S/C11H9BrN2O3S/c1-14-8(13)3-6(7-2-5(12)4-18-7)9(10(14)15)11(16)17/h2-4H,13H2,1H3,(H,16,17). The molecule has 0 atom stereocenters. The summed E-state index contributed by atoms with van der Waals surface area (Å²) in [7, 11) is 1.44. The third-order valence-corrected chi connectivity index (χ3v) is 4.24.